The van der Waals surface area contributed by atoms with Crippen LogP contribution in [0.25, 0.3) is 0 Å². The van der Waals surface area contributed by atoms with Crippen molar-refractivity contribution in [1.29, 1.82) is 0 Å². The molecule has 1 nitrogen and oxygen atoms in total. The fourth-order valence-electron chi connectivity index (χ4n) is 4.03. The van der Waals surface area contributed by atoms with Crippen LogP contribution in [0.5, 0.6) is 5.75 Å². The number of halogens is 1. The lowest BCUT2D eigenvalue weighted by Crippen LogP contribution is -2.06. The lowest BCUT2D eigenvalue weighted by molar-refractivity contribution is 0.400. The van der Waals surface area contributed by atoms with Crippen LogP contribution >= 0.6 is 0 Å². The number of hydrogen-bond donors (Lipinski definition) is 0. The first-order valence-electron chi connectivity index (χ1n) is 11.2. The summed E-state index contributed by atoms with van der Waals surface area (Å²) in [5, 5.41) is 0. The molecule has 2 heteroatoms. The molecule has 0 aliphatic heterocycles. The van der Waals surface area contributed by atoms with Crippen molar-refractivity contribution in [3.63, 3.8) is 0 Å². The van der Waals surface area contributed by atoms with Gasteiger partial charge in [0.15, 0.2) is 0 Å². The van der Waals surface area contributed by atoms with E-state index in [4.69, 9.17) is 4.74 Å². The number of ether oxygens (including phenoxy) is 1. The van der Waals surface area contributed by atoms with Crippen molar-refractivity contribution >= 4 is 0 Å². The summed E-state index contributed by atoms with van der Waals surface area (Å²) in [6, 6.07) is 12.4. The first kappa shape index (κ1) is 23.4. The maximum absolute atomic E-state index is 14.6. The molecule has 0 heterocycles. The highest BCUT2D eigenvalue weighted by Gasteiger charge is 2.15. The van der Waals surface area contributed by atoms with E-state index >= 15 is 0 Å². The van der Waals surface area contributed by atoms with Crippen molar-refractivity contribution in [2.24, 2.45) is 11.8 Å². The summed E-state index contributed by atoms with van der Waals surface area (Å²) in [4.78, 5) is 0. The van der Waals surface area contributed by atoms with E-state index in [-0.39, 0.29) is 11.7 Å². The maximum atomic E-state index is 14.6. The summed E-state index contributed by atoms with van der Waals surface area (Å²) in [6.45, 7) is 13.2. The second-order valence-corrected chi connectivity index (χ2v) is 9.47. The van der Waals surface area contributed by atoms with E-state index in [0.29, 0.717) is 17.8 Å². The SMILES string of the molecule is COc1cc(C(C)C)ccc1CC(C)CCC(C)c1ccc(CC(C)C)cc1F. The van der Waals surface area contributed by atoms with Gasteiger partial charge < -0.3 is 4.74 Å². The summed E-state index contributed by atoms with van der Waals surface area (Å²) in [5.74, 6) is 2.75. The molecule has 0 saturated heterocycles. The number of benzene rings is 2. The first-order valence-corrected chi connectivity index (χ1v) is 11.2. The molecular weight excluding hydrogens is 359 g/mol. The van der Waals surface area contributed by atoms with Crippen LogP contribution in [0.1, 0.15) is 88.5 Å². The Kier molecular flexibility index (Phi) is 8.74. The van der Waals surface area contributed by atoms with Crippen LogP contribution in [0.3, 0.4) is 0 Å². The molecule has 0 aliphatic carbocycles. The fraction of sp³-hybridized carbons (Fsp3) is 0.556. The van der Waals surface area contributed by atoms with E-state index < -0.39 is 0 Å². The van der Waals surface area contributed by atoms with Crippen LogP contribution in [0, 0.1) is 17.7 Å². The van der Waals surface area contributed by atoms with Crippen molar-refractivity contribution in [1.82, 2.24) is 0 Å². The van der Waals surface area contributed by atoms with Gasteiger partial charge in [-0.05, 0) is 83.7 Å². The third-order valence-corrected chi connectivity index (χ3v) is 5.88. The molecule has 29 heavy (non-hydrogen) atoms. The highest BCUT2D eigenvalue weighted by atomic mass is 19.1. The molecule has 2 aromatic carbocycles. The molecule has 0 aliphatic rings. The number of rotatable bonds is 10. The second-order valence-electron chi connectivity index (χ2n) is 9.47. The maximum Gasteiger partial charge on any atom is 0.126 e. The van der Waals surface area contributed by atoms with Gasteiger partial charge in [-0.15, -0.1) is 0 Å². The largest absolute Gasteiger partial charge is 0.496 e. The highest BCUT2D eigenvalue weighted by molar-refractivity contribution is 5.39. The van der Waals surface area contributed by atoms with E-state index in [2.05, 4.69) is 65.8 Å². The zero-order chi connectivity index (χ0) is 21.6. The summed E-state index contributed by atoms with van der Waals surface area (Å²) in [6.07, 6.45) is 3.99. The summed E-state index contributed by atoms with van der Waals surface area (Å²) in [7, 11) is 1.75. The Morgan fingerprint density at radius 3 is 2.17 bits per heavy atom. The van der Waals surface area contributed by atoms with E-state index in [1.54, 1.807) is 13.2 Å². The Labute approximate surface area is 177 Å². The van der Waals surface area contributed by atoms with Gasteiger partial charge in [-0.1, -0.05) is 65.8 Å². The van der Waals surface area contributed by atoms with Crippen molar-refractivity contribution in [2.45, 2.75) is 79.1 Å². The Morgan fingerprint density at radius 2 is 1.59 bits per heavy atom. The fourth-order valence-corrected chi connectivity index (χ4v) is 4.03. The van der Waals surface area contributed by atoms with Crippen molar-refractivity contribution in [2.75, 3.05) is 7.11 Å². The van der Waals surface area contributed by atoms with Gasteiger partial charge in [-0.25, -0.2) is 4.39 Å². The zero-order valence-corrected chi connectivity index (χ0v) is 19.4. The smallest absolute Gasteiger partial charge is 0.126 e. The molecule has 0 saturated carbocycles. The first-order chi connectivity index (χ1) is 13.7. The van der Waals surface area contributed by atoms with Crippen LogP contribution in [-0.2, 0) is 12.8 Å². The standard InChI is InChI=1S/C27H39FO/c1-18(2)14-22-10-13-25(26(28)16-22)21(6)9-8-20(5)15-24-12-11-23(19(3)4)17-27(24)29-7/h10-13,16-21H,8-9,14-15H2,1-7H3. The van der Waals surface area contributed by atoms with Gasteiger partial charge in [-0.3, -0.25) is 0 Å². The Bertz CT molecular complexity index is 778. The number of methoxy groups -OCH3 is 1. The van der Waals surface area contributed by atoms with Crippen LogP contribution in [0.15, 0.2) is 36.4 Å². The third kappa shape index (κ3) is 6.87. The normalized spacial score (nSPS) is 13.7. The van der Waals surface area contributed by atoms with Crippen LogP contribution in [-0.4, -0.2) is 7.11 Å². The molecule has 0 N–H and O–H groups in total. The monoisotopic (exact) mass is 398 g/mol. The molecule has 160 valence electrons. The zero-order valence-electron chi connectivity index (χ0n) is 19.4. The van der Waals surface area contributed by atoms with Crippen LogP contribution in [0.2, 0.25) is 0 Å². The van der Waals surface area contributed by atoms with Gasteiger partial charge in [0.2, 0.25) is 0 Å². The van der Waals surface area contributed by atoms with Gasteiger partial charge in [0.25, 0.3) is 0 Å². The van der Waals surface area contributed by atoms with E-state index in [9.17, 15) is 4.39 Å². The van der Waals surface area contributed by atoms with Crippen molar-refractivity contribution in [3.8, 4) is 5.75 Å². The predicted molar refractivity (Wildman–Crippen MR) is 123 cm³/mol. The van der Waals surface area contributed by atoms with E-state index in [1.165, 1.54) is 11.1 Å². The summed E-state index contributed by atoms with van der Waals surface area (Å²) in [5.41, 5.74) is 4.52. The molecule has 0 spiro atoms. The van der Waals surface area contributed by atoms with Gasteiger partial charge in [0.1, 0.15) is 11.6 Å². The average Bonchev–Trinajstić information content (AvgIpc) is 2.65. The Morgan fingerprint density at radius 1 is 0.862 bits per heavy atom. The quantitative estimate of drug-likeness (QED) is 0.395. The molecule has 0 aromatic heterocycles. The van der Waals surface area contributed by atoms with Gasteiger partial charge in [0, 0.05) is 0 Å². The van der Waals surface area contributed by atoms with Crippen molar-refractivity contribution in [3.05, 3.63) is 64.5 Å². The molecule has 0 fully saturated rings. The molecule has 2 aromatic rings. The lowest BCUT2D eigenvalue weighted by atomic mass is 9.88. The minimum Gasteiger partial charge on any atom is -0.496 e. The summed E-state index contributed by atoms with van der Waals surface area (Å²) >= 11 is 0. The van der Waals surface area contributed by atoms with Gasteiger partial charge in [-0.2, -0.15) is 0 Å². The minimum atomic E-state index is -0.0470. The van der Waals surface area contributed by atoms with E-state index in [0.717, 1.165) is 42.6 Å². The van der Waals surface area contributed by atoms with Gasteiger partial charge >= 0.3 is 0 Å². The second kappa shape index (κ2) is 10.8. The molecule has 0 amide bonds. The summed E-state index contributed by atoms with van der Waals surface area (Å²) < 4.78 is 20.2. The molecular formula is C27H39FO. The molecule has 2 rings (SSSR count). The predicted octanol–water partition coefficient (Wildman–Crippen LogP) is 7.92. The topological polar surface area (TPSA) is 9.23 Å². The third-order valence-electron chi connectivity index (χ3n) is 5.88. The van der Waals surface area contributed by atoms with E-state index in [1.807, 2.05) is 6.07 Å². The highest BCUT2D eigenvalue weighted by Crippen LogP contribution is 2.30. The molecule has 2 atom stereocenters. The average molecular weight is 399 g/mol. The molecule has 2 unspecified atom stereocenters. The Balaban J connectivity index is 1.96. The molecule has 0 bridgehead atoms. The Hall–Kier alpha value is -1.83. The van der Waals surface area contributed by atoms with Crippen molar-refractivity contribution < 1.29 is 9.13 Å². The van der Waals surface area contributed by atoms with Crippen LogP contribution < -0.4 is 4.74 Å². The minimum absolute atomic E-state index is 0.0470. The molecule has 0 radical (unpaired) electrons. The number of hydrogen-bond acceptors (Lipinski definition) is 1. The van der Waals surface area contributed by atoms with Gasteiger partial charge in [0.05, 0.1) is 7.11 Å². The van der Waals surface area contributed by atoms with Crippen LogP contribution in [0.4, 0.5) is 4.39 Å². The lowest BCUT2D eigenvalue weighted by Gasteiger charge is -2.19.